The fourth-order valence-corrected chi connectivity index (χ4v) is 2.55. The van der Waals surface area contributed by atoms with Gasteiger partial charge in [-0.25, -0.2) is 0 Å². The lowest BCUT2D eigenvalue weighted by atomic mass is 10.1. The number of nitrogens with one attached hydrogen (secondary N) is 1. The summed E-state index contributed by atoms with van der Waals surface area (Å²) in [6.07, 6.45) is 3.61. The predicted molar refractivity (Wildman–Crippen MR) is 98.1 cm³/mol. The molecule has 0 fully saturated rings. The summed E-state index contributed by atoms with van der Waals surface area (Å²) >= 11 is 0. The molecule has 1 N–H and O–H groups in total. The highest BCUT2D eigenvalue weighted by Crippen LogP contribution is 2.26. The number of para-hydroxylation sites is 2. The van der Waals surface area contributed by atoms with Crippen molar-refractivity contribution < 1.29 is 14.3 Å². The van der Waals surface area contributed by atoms with Crippen LogP contribution in [0.2, 0.25) is 0 Å². The third-order valence-electron chi connectivity index (χ3n) is 3.86. The maximum atomic E-state index is 12.4. The highest BCUT2D eigenvalue weighted by Gasteiger charge is 2.08. The third kappa shape index (κ3) is 4.42. The van der Waals surface area contributed by atoms with E-state index >= 15 is 0 Å². The van der Waals surface area contributed by atoms with Gasteiger partial charge in [-0.3, -0.25) is 9.48 Å². The van der Waals surface area contributed by atoms with Crippen molar-refractivity contribution in [3.05, 3.63) is 77.6 Å². The highest BCUT2D eigenvalue weighted by atomic mass is 16.5. The summed E-state index contributed by atoms with van der Waals surface area (Å²) in [4.78, 5) is 12.4. The molecule has 0 saturated heterocycles. The van der Waals surface area contributed by atoms with Crippen molar-refractivity contribution in [1.82, 2.24) is 15.1 Å². The Balaban J connectivity index is 1.61. The topological polar surface area (TPSA) is 65.4 Å². The van der Waals surface area contributed by atoms with Gasteiger partial charge in [0.25, 0.3) is 5.91 Å². The molecule has 1 aromatic heterocycles. The molecule has 0 aliphatic heterocycles. The molecule has 3 rings (SSSR count). The van der Waals surface area contributed by atoms with Crippen molar-refractivity contribution in [2.24, 2.45) is 7.05 Å². The van der Waals surface area contributed by atoms with Gasteiger partial charge in [0.05, 0.1) is 13.3 Å². The van der Waals surface area contributed by atoms with E-state index in [1.54, 1.807) is 24.1 Å². The van der Waals surface area contributed by atoms with E-state index in [-0.39, 0.29) is 5.91 Å². The lowest BCUT2D eigenvalue weighted by Crippen LogP contribution is -2.22. The molecule has 0 spiro atoms. The molecule has 1 amide bonds. The van der Waals surface area contributed by atoms with Crippen LogP contribution >= 0.6 is 0 Å². The monoisotopic (exact) mass is 351 g/mol. The van der Waals surface area contributed by atoms with E-state index in [4.69, 9.17) is 9.47 Å². The highest BCUT2D eigenvalue weighted by molar-refractivity contribution is 5.94. The number of aromatic nitrogens is 2. The maximum absolute atomic E-state index is 12.4. The molecule has 0 saturated carbocycles. The quantitative estimate of drug-likeness (QED) is 0.711. The van der Waals surface area contributed by atoms with Gasteiger partial charge in [0.15, 0.2) is 11.5 Å². The van der Waals surface area contributed by atoms with E-state index in [2.05, 4.69) is 10.4 Å². The van der Waals surface area contributed by atoms with Crippen LogP contribution in [0.15, 0.2) is 60.9 Å². The van der Waals surface area contributed by atoms with Gasteiger partial charge in [-0.2, -0.15) is 5.10 Å². The summed E-state index contributed by atoms with van der Waals surface area (Å²) < 4.78 is 12.8. The first-order chi connectivity index (χ1) is 12.7. The van der Waals surface area contributed by atoms with E-state index in [0.29, 0.717) is 30.2 Å². The lowest BCUT2D eigenvalue weighted by molar-refractivity contribution is 0.0950. The summed E-state index contributed by atoms with van der Waals surface area (Å²) in [5.41, 5.74) is 2.46. The van der Waals surface area contributed by atoms with Crippen LogP contribution in [0.25, 0.3) is 0 Å². The van der Waals surface area contributed by atoms with Crippen molar-refractivity contribution in [1.29, 1.82) is 0 Å². The van der Waals surface area contributed by atoms with Crippen LogP contribution in [0.1, 0.15) is 21.5 Å². The zero-order valence-corrected chi connectivity index (χ0v) is 14.8. The molecule has 0 unspecified atom stereocenters. The second-order valence-electron chi connectivity index (χ2n) is 5.84. The van der Waals surface area contributed by atoms with Crippen molar-refractivity contribution in [3.63, 3.8) is 0 Å². The molecule has 0 aliphatic carbocycles. The molecule has 0 bridgehead atoms. The number of aryl methyl sites for hydroxylation is 1. The van der Waals surface area contributed by atoms with Gasteiger partial charge in [-0.05, 0) is 29.8 Å². The van der Waals surface area contributed by atoms with E-state index in [1.165, 1.54) is 0 Å². The average molecular weight is 351 g/mol. The van der Waals surface area contributed by atoms with Crippen LogP contribution in [-0.2, 0) is 20.2 Å². The standard InChI is InChI=1S/C20H21N3O3/c1-23-13-16(12-22-23)11-21-20(24)17-7-5-6-15(10-17)14-26-19-9-4-3-8-18(19)25-2/h3-10,12-13H,11,14H2,1-2H3,(H,21,24). The molecule has 3 aromatic rings. The molecule has 1 heterocycles. The van der Waals surface area contributed by atoms with Gasteiger partial charge >= 0.3 is 0 Å². The van der Waals surface area contributed by atoms with Crippen LogP contribution < -0.4 is 14.8 Å². The van der Waals surface area contributed by atoms with Gasteiger partial charge in [0.1, 0.15) is 6.61 Å². The molecule has 0 radical (unpaired) electrons. The van der Waals surface area contributed by atoms with Crippen molar-refractivity contribution in [2.45, 2.75) is 13.2 Å². The number of carbonyl (C=O) groups is 1. The first-order valence-electron chi connectivity index (χ1n) is 8.26. The SMILES string of the molecule is COc1ccccc1OCc1cccc(C(=O)NCc2cnn(C)c2)c1. The summed E-state index contributed by atoms with van der Waals surface area (Å²) in [5.74, 6) is 1.22. The number of ether oxygens (including phenoxy) is 2. The fourth-order valence-electron chi connectivity index (χ4n) is 2.55. The predicted octanol–water partition coefficient (Wildman–Crippen LogP) is 2.94. The Morgan fingerprint density at radius 3 is 2.65 bits per heavy atom. The van der Waals surface area contributed by atoms with Crippen molar-refractivity contribution in [2.75, 3.05) is 7.11 Å². The van der Waals surface area contributed by atoms with Crippen LogP contribution in [0.4, 0.5) is 0 Å². The Bertz CT molecular complexity index is 889. The molecule has 6 nitrogen and oxygen atoms in total. The summed E-state index contributed by atoms with van der Waals surface area (Å²) in [7, 11) is 3.45. The van der Waals surface area contributed by atoms with E-state index < -0.39 is 0 Å². The van der Waals surface area contributed by atoms with Crippen molar-refractivity contribution >= 4 is 5.91 Å². The molecular formula is C20H21N3O3. The van der Waals surface area contributed by atoms with E-state index in [1.807, 2.05) is 55.7 Å². The second-order valence-corrected chi connectivity index (χ2v) is 5.84. The molecular weight excluding hydrogens is 330 g/mol. The number of carbonyl (C=O) groups excluding carboxylic acids is 1. The summed E-state index contributed by atoms with van der Waals surface area (Å²) in [6.45, 7) is 0.790. The Kier molecular flexibility index (Phi) is 5.53. The summed E-state index contributed by atoms with van der Waals surface area (Å²) in [6, 6.07) is 14.9. The van der Waals surface area contributed by atoms with Crippen molar-refractivity contribution in [3.8, 4) is 11.5 Å². The minimum Gasteiger partial charge on any atom is -0.493 e. The molecule has 0 atom stereocenters. The number of amides is 1. The van der Waals surface area contributed by atoms with Crippen LogP contribution in [-0.4, -0.2) is 22.8 Å². The van der Waals surface area contributed by atoms with E-state index in [9.17, 15) is 4.79 Å². The molecule has 2 aromatic carbocycles. The normalized spacial score (nSPS) is 10.4. The zero-order valence-electron chi connectivity index (χ0n) is 14.8. The molecule has 26 heavy (non-hydrogen) atoms. The number of methoxy groups -OCH3 is 1. The smallest absolute Gasteiger partial charge is 0.251 e. The largest absolute Gasteiger partial charge is 0.493 e. The number of hydrogen-bond donors (Lipinski definition) is 1. The van der Waals surface area contributed by atoms with Crippen LogP contribution in [0.5, 0.6) is 11.5 Å². The minimum atomic E-state index is -0.131. The number of benzene rings is 2. The van der Waals surface area contributed by atoms with Gasteiger partial charge in [0, 0.05) is 30.9 Å². The minimum absolute atomic E-state index is 0.131. The Labute approximate surface area is 152 Å². The zero-order chi connectivity index (χ0) is 18.4. The number of hydrogen-bond acceptors (Lipinski definition) is 4. The first-order valence-corrected chi connectivity index (χ1v) is 8.26. The summed E-state index contributed by atoms with van der Waals surface area (Å²) in [5, 5.41) is 6.98. The van der Waals surface area contributed by atoms with Gasteiger partial charge in [-0.15, -0.1) is 0 Å². The molecule has 134 valence electrons. The molecule has 0 aliphatic rings. The lowest BCUT2D eigenvalue weighted by Gasteiger charge is -2.11. The van der Waals surface area contributed by atoms with Crippen LogP contribution in [0, 0.1) is 0 Å². The van der Waals surface area contributed by atoms with Gasteiger partial charge < -0.3 is 14.8 Å². The maximum Gasteiger partial charge on any atom is 0.251 e. The van der Waals surface area contributed by atoms with E-state index in [0.717, 1.165) is 11.1 Å². The van der Waals surface area contributed by atoms with Crippen LogP contribution in [0.3, 0.4) is 0 Å². The Hall–Kier alpha value is -3.28. The fraction of sp³-hybridized carbons (Fsp3) is 0.200. The molecule has 6 heteroatoms. The first kappa shape index (κ1) is 17.5. The number of rotatable bonds is 7. The third-order valence-corrected chi connectivity index (χ3v) is 3.86. The average Bonchev–Trinajstić information content (AvgIpc) is 3.10. The Morgan fingerprint density at radius 1 is 1.12 bits per heavy atom. The number of nitrogens with zero attached hydrogens (tertiary/aromatic N) is 2. The van der Waals surface area contributed by atoms with Gasteiger partial charge in [0.2, 0.25) is 0 Å². The van der Waals surface area contributed by atoms with Gasteiger partial charge in [-0.1, -0.05) is 24.3 Å². The second kappa shape index (κ2) is 8.20. The Morgan fingerprint density at radius 2 is 1.92 bits per heavy atom.